The Morgan fingerprint density at radius 1 is 0.900 bits per heavy atom. The van der Waals surface area contributed by atoms with Crippen LogP contribution in [0, 0.1) is 57.2 Å². The van der Waals surface area contributed by atoms with Gasteiger partial charge in [0, 0.05) is 37.1 Å². The fourth-order valence-corrected chi connectivity index (χ4v) is 15.0. The van der Waals surface area contributed by atoms with Crippen molar-refractivity contribution >= 4 is 27.7 Å². The average Bonchev–Trinajstić information content (AvgIpc) is 3.45. The molecule has 0 aromatic heterocycles. The molecule has 7 nitrogen and oxygen atoms in total. The first-order valence-electron chi connectivity index (χ1n) is 19.7. The van der Waals surface area contributed by atoms with Crippen LogP contribution in [0.4, 0.5) is 0 Å². The zero-order chi connectivity index (χ0) is 35.9. The number of sulfone groups is 1. The molecule has 1 aliphatic heterocycles. The summed E-state index contributed by atoms with van der Waals surface area (Å²) < 4.78 is 29.1. The maximum absolute atomic E-state index is 14.7. The van der Waals surface area contributed by atoms with Crippen molar-refractivity contribution in [2.45, 2.75) is 105 Å². The highest BCUT2D eigenvalue weighted by Gasteiger charge is 2.72. The fourth-order valence-electron chi connectivity index (χ4n) is 13.7. The summed E-state index contributed by atoms with van der Waals surface area (Å²) in [7, 11) is -2.87. The molecule has 5 fully saturated rings. The fraction of sp³-hybridized carbons (Fsp3) is 0.762. The number of carbonyl (C=O) groups excluding carboxylic acids is 2. The van der Waals surface area contributed by atoms with Gasteiger partial charge in [0.25, 0.3) is 6.47 Å². The molecule has 1 saturated heterocycles. The molecule has 0 spiro atoms. The zero-order valence-corrected chi connectivity index (χ0v) is 32.5. The van der Waals surface area contributed by atoms with Crippen molar-refractivity contribution in [3.63, 3.8) is 0 Å². The van der Waals surface area contributed by atoms with Crippen LogP contribution < -0.4 is 10.1 Å². The standard InChI is InChI=1S/C42H62N2O5S/c1-28(2)31-14-17-42(43-20-21-44-22-24-50(47,48)25-23-44)19-18-39(5)32(37(31)42)12-13-35-40(39,6)16-15-34-38(3,4)33(26-36(46)41(34,35)7)29-8-10-30(11-9-29)49-27-45/h8-11,26-28,31-32,34-35,37,43H,12-25H2,1-7H3/t31-,32+,34-,35-,37+,39+,40+,41-,42-/m0/s1. The highest BCUT2D eigenvalue weighted by Crippen LogP contribution is 2.76. The van der Waals surface area contributed by atoms with E-state index in [1.165, 1.54) is 38.5 Å². The van der Waals surface area contributed by atoms with Crippen LogP contribution in [0.5, 0.6) is 5.75 Å². The number of carbonyl (C=O) groups is 2. The molecule has 50 heavy (non-hydrogen) atoms. The quantitative estimate of drug-likeness (QED) is 0.286. The lowest BCUT2D eigenvalue weighted by atomic mass is 9.32. The van der Waals surface area contributed by atoms with Gasteiger partial charge in [-0.15, -0.1) is 0 Å². The Kier molecular flexibility index (Phi) is 9.11. The second-order valence-electron chi connectivity index (χ2n) is 18.9. The van der Waals surface area contributed by atoms with E-state index in [2.05, 4.69) is 58.7 Å². The van der Waals surface area contributed by atoms with Crippen LogP contribution in [0.15, 0.2) is 30.3 Å². The van der Waals surface area contributed by atoms with Gasteiger partial charge in [-0.1, -0.05) is 60.6 Å². The Bertz CT molecular complexity index is 1620. The van der Waals surface area contributed by atoms with Crippen molar-refractivity contribution in [3.05, 3.63) is 35.9 Å². The van der Waals surface area contributed by atoms with Gasteiger partial charge in [0.15, 0.2) is 15.6 Å². The number of hydrogen-bond acceptors (Lipinski definition) is 7. The summed E-state index contributed by atoms with van der Waals surface area (Å²) in [4.78, 5) is 27.9. The molecule has 0 amide bonds. The molecular formula is C42H62N2O5S. The Balaban J connectivity index is 1.16. The lowest BCUT2D eigenvalue weighted by Gasteiger charge is -2.72. The van der Waals surface area contributed by atoms with Crippen LogP contribution in [0.25, 0.3) is 5.57 Å². The highest BCUT2D eigenvalue weighted by atomic mass is 32.2. The topological polar surface area (TPSA) is 92.8 Å². The number of ether oxygens (including phenoxy) is 1. The second kappa shape index (κ2) is 12.5. The molecule has 6 aliphatic rings. The number of nitrogens with one attached hydrogen (secondary N) is 1. The van der Waals surface area contributed by atoms with E-state index in [0.29, 0.717) is 60.7 Å². The summed E-state index contributed by atoms with van der Waals surface area (Å²) in [6, 6.07) is 7.64. The van der Waals surface area contributed by atoms with Crippen molar-refractivity contribution in [2.24, 2.45) is 57.2 Å². The number of hydrogen-bond donors (Lipinski definition) is 1. The Hall–Kier alpha value is -2.03. The molecule has 8 heteroatoms. The van der Waals surface area contributed by atoms with Crippen LogP contribution in [-0.4, -0.2) is 68.8 Å². The van der Waals surface area contributed by atoms with Gasteiger partial charge in [0.2, 0.25) is 0 Å². The monoisotopic (exact) mass is 706 g/mol. The number of rotatable bonds is 8. The Morgan fingerprint density at radius 3 is 2.26 bits per heavy atom. The van der Waals surface area contributed by atoms with Crippen LogP contribution in [0.2, 0.25) is 0 Å². The van der Waals surface area contributed by atoms with Gasteiger partial charge in [0.05, 0.1) is 11.5 Å². The van der Waals surface area contributed by atoms with E-state index >= 15 is 0 Å². The summed E-state index contributed by atoms with van der Waals surface area (Å²) in [6.07, 6.45) is 11.4. The summed E-state index contributed by atoms with van der Waals surface area (Å²) in [5.41, 5.74) is 1.97. The minimum Gasteiger partial charge on any atom is -0.429 e. The van der Waals surface area contributed by atoms with Crippen molar-refractivity contribution in [1.29, 1.82) is 0 Å². The van der Waals surface area contributed by atoms with Gasteiger partial charge in [0.1, 0.15) is 5.75 Å². The first kappa shape index (κ1) is 36.3. The van der Waals surface area contributed by atoms with E-state index in [1.54, 1.807) is 0 Å². The van der Waals surface area contributed by atoms with Gasteiger partial charge >= 0.3 is 0 Å². The highest BCUT2D eigenvalue weighted by molar-refractivity contribution is 7.91. The summed E-state index contributed by atoms with van der Waals surface area (Å²) in [6.45, 7) is 20.8. The van der Waals surface area contributed by atoms with E-state index in [1.807, 2.05) is 30.3 Å². The van der Waals surface area contributed by atoms with Crippen LogP contribution in [-0.2, 0) is 19.4 Å². The molecule has 1 aromatic rings. The van der Waals surface area contributed by atoms with E-state index < -0.39 is 15.3 Å². The predicted octanol–water partition coefficient (Wildman–Crippen LogP) is 7.20. The SMILES string of the molecule is CC(C)[C@@H]1CC[C@]2(NCCN3CCS(=O)(=O)CC3)CC[C@]3(C)[C@H](CC[C@@H]4[C@@]5(C)C(=O)C=C(c6ccc(OC=O)cc6)C(C)(C)[C@@H]5CC[C@]43C)[C@@H]12. The van der Waals surface area contributed by atoms with E-state index in [-0.39, 0.29) is 39.2 Å². The number of fused-ring (bicyclic) bond motifs is 7. The van der Waals surface area contributed by atoms with Crippen molar-refractivity contribution in [3.8, 4) is 5.75 Å². The summed E-state index contributed by atoms with van der Waals surface area (Å²) in [5, 5.41) is 4.21. The summed E-state index contributed by atoms with van der Waals surface area (Å²) in [5.74, 6) is 4.60. The first-order valence-corrected chi connectivity index (χ1v) is 21.5. The second-order valence-corrected chi connectivity index (χ2v) is 21.2. The maximum atomic E-state index is 14.7. The van der Waals surface area contributed by atoms with Crippen molar-refractivity contribution in [2.75, 3.05) is 37.7 Å². The molecule has 0 radical (unpaired) electrons. The van der Waals surface area contributed by atoms with Crippen molar-refractivity contribution in [1.82, 2.24) is 10.2 Å². The Morgan fingerprint density at radius 2 is 1.60 bits per heavy atom. The van der Waals surface area contributed by atoms with E-state index in [9.17, 15) is 18.0 Å². The minimum atomic E-state index is -2.87. The number of ketones is 1. The van der Waals surface area contributed by atoms with Gasteiger partial charge in [-0.3, -0.25) is 9.59 Å². The molecule has 276 valence electrons. The van der Waals surface area contributed by atoms with Gasteiger partial charge in [-0.2, -0.15) is 0 Å². The average molecular weight is 707 g/mol. The van der Waals surface area contributed by atoms with Gasteiger partial charge in [-0.25, -0.2) is 8.42 Å². The Labute approximate surface area is 301 Å². The smallest absolute Gasteiger partial charge is 0.298 e. The number of nitrogens with zero attached hydrogens (tertiary/aromatic N) is 1. The molecule has 1 aromatic carbocycles. The summed E-state index contributed by atoms with van der Waals surface area (Å²) >= 11 is 0. The van der Waals surface area contributed by atoms with Crippen molar-refractivity contribution < 1.29 is 22.7 Å². The third kappa shape index (κ3) is 5.42. The lowest BCUT2D eigenvalue weighted by Crippen LogP contribution is -2.69. The maximum Gasteiger partial charge on any atom is 0.298 e. The van der Waals surface area contributed by atoms with Crippen LogP contribution in [0.3, 0.4) is 0 Å². The molecule has 7 rings (SSSR count). The normalized spacial score (nSPS) is 42.1. The van der Waals surface area contributed by atoms with Gasteiger partial charge < -0.3 is 15.0 Å². The number of benzene rings is 1. The van der Waals surface area contributed by atoms with E-state index in [4.69, 9.17) is 4.74 Å². The van der Waals surface area contributed by atoms with E-state index in [0.717, 1.165) is 37.1 Å². The molecule has 1 heterocycles. The molecule has 0 unspecified atom stereocenters. The minimum absolute atomic E-state index is 0.0850. The molecule has 0 bridgehead atoms. The molecular weight excluding hydrogens is 645 g/mol. The molecule has 5 aliphatic carbocycles. The predicted molar refractivity (Wildman–Crippen MR) is 199 cm³/mol. The number of allylic oxidation sites excluding steroid dienone is 2. The third-order valence-corrected chi connectivity index (χ3v) is 18.1. The zero-order valence-electron chi connectivity index (χ0n) is 31.7. The first-order chi connectivity index (χ1) is 23.5. The van der Waals surface area contributed by atoms with Crippen LogP contribution in [0.1, 0.15) is 105 Å². The van der Waals surface area contributed by atoms with Gasteiger partial charge in [-0.05, 0) is 132 Å². The third-order valence-electron chi connectivity index (χ3n) is 16.5. The lowest BCUT2D eigenvalue weighted by molar-refractivity contribution is -0.218. The molecule has 9 atom stereocenters. The van der Waals surface area contributed by atoms with Crippen LogP contribution >= 0.6 is 0 Å². The molecule has 4 saturated carbocycles. The largest absolute Gasteiger partial charge is 0.429 e. The molecule has 1 N–H and O–H groups in total.